The molecule has 0 aromatic rings. The van der Waals surface area contributed by atoms with Gasteiger partial charge in [0.1, 0.15) is 5.54 Å². The standard InChI is InChI=1S/C8H14N2O2/c9-8(7(11)12)2-1-5-3-10-4-6(5)8/h5-6,10H,1-4,9H2,(H,11,12)/t5-,6+,8+/m0/s1. The Balaban J connectivity index is 2.22. The SMILES string of the molecule is N[C@]1(C(=O)O)CC[C@H]2CNC[C@H]21. The largest absolute Gasteiger partial charge is 0.480 e. The van der Waals surface area contributed by atoms with Crippen molar-refractivity contribution >= 4 is 5.97 Å². The molecule has 4 nitrogen and oxygen atoms in total. The maximum absolute atomic E-state index is 10.9. The van der Waals surface area contributed by atoms with Gasteiger partial charge in [-0.2, -0.15) is 0 Å². The Bertz CT molecular complexity index is 219. The zero-order valence-electron chi connectivity index (χ0n) is 6.92. The van der Waals surface area contributed by atoms with Crippen molar-refractivity contribution in [1.82, 2.24) is 5.32 Å². The summed E-state index contributed by atoms with van der Waals surface area (Å²) in [6.07, 6.45) is 1.60. The average molecular weight is 170 g/mol. The second kappa shape index (κ2) is 2.44. The number of nitrogens with two attached hydrogens (primary N) is 1. The van der Waals surface area contributed by atoms with Crippen molar-refractivity contribution in [3.8, 4) is 0 Å². The first kappa shape index (κ1) is 8.01. The van der Waals surface area contributed by atoms with Crippen LogP contribution in [0.2, 0.25) is 0 Å². The van der Waals surface area contributed by atoms with Crippen molar-refractivity contribution in [2.75, 3.05) is 13.1 Å². The number of hydrogen-bond donors (Lipinski definition) is 3. The van der Waals surface area contributed by atoms with E-state index in [1.165, 1.54) is 0 Å². The van der Waals surface area contributed by atoms with E-state index >= 15 is 0 Å². The number of carboxylic acid groups (broad SMARTS) is 1. The second-order valence-corrected chi connectivity index (χ2v) is 3.91. The van der Waals surface area contributed by atoms with Crippen LogP contribution in [0.1, 0.15) is 12.8 Å². The maximum atomic E-state index is 10.9. The van der Waals surface area contributed by atoms with Crippen molar-refractivity contribution in [2.24, 2.45) is 17.6 Å². The van der Waals surface area contributed by atoms with E-state index in [1.54, 1.807) is 0 Å². The second-order valence-electron chi connectivity index (χ2n) is 3.91. The third-order valence-corrected chi connectivity index (χ3v) is 3.33. The lowest BCUT2D eigenvalue weighted by Gasteiger charge is -2.25. The average Bonchev–Trinajstić information content (AvgIpc) is 2.54. The van der Waals surface area contributed by atoms with E-state index in [-0.39, 0.29) is 5.92 Å². The Hall–Kier alpha value is -0.610. The number of nitrogens with one attached hydrogen (secondary N) is 1. The van der Waals surface area contributed by atoms with Crippen molar-refractivity contribution in [3.63, 3.8) is 0 Å². The highest BCUT2D eigenvalue weighted by Gasteiger charge is 2.52. The molecule has 12 heavy (non-hydrogen) atoms. The minimum absolute atomic E-state index is 0.148. The molecule has 0 radical (unpaired) electrons. The smallest absolute Gasteiger partial charge is 0.324 e. The van der Waals surface area contributed by atoms with E-state index in [2.05, 4.69) is 5.32 Å². The van der Waals surface area contributed by atoms with Gasteiger partial charge in [0.05, 0.1) is 0 Å². The van der Waals surface area contributed by atoms with Crippen LogP contribution in [0.25, 0.3) is 0 Å². The highest BCUT2D eigenvalue weighted by molar-refractivity contribution is 5.79. The molecule has 4 N–H and O–H groups in total. The summed E-state index contributed by atoms with van der Waals surface area (Å²) in [4.78, 5) is 10.9. The van der Waals surface area contributed by atoms with Gasteiger partial charge in [0.2, 0.25) is 0 Å². The third kappa shape index (κ3) is 0.881. The molecule has 68 valence electrons. The first-order chi connectivity index (χ1) is 5.64. The fraction of sp³-hybridized carbons (Fsp3) is 0.875. The van der Waals surface area contributed by atoms with E-state index in [1.807, 2.05) is 0 Å². The van der Waals surface area contributed by atoms with E-state index in [0.717, 1.165) is 19.5 Å². The molecule has 2 fully saturated rings. The molecule has 0 aromatic carbocycles. The van der Waals surface area contributed by atoms with Gasteiger partial charge in [-0.05, 0) is 25.3 Å². The topological polar surface area (TPSA) is 75.4 Å². The van der Waals surface area contributed by atoms with E-state index in [9.17, 15) is 4.79 Å². The number of carboxylic acids is 1. The Morgan fingerprint density at radius 2 is 2.33 bits per heavy atom. The lowest BCUT2D eigenvalue weighted by atomic mass is 9.86. The number of rotatable bonds is 1. The fourth-order valence-electron chi connectivity index (χ4n) is 2.51. The molecule has 1 saturated heterocycles. The van der Waals surface area contributed by atoms with Crippen LogP contribution in [0, 0.1) is 11.8 Å². The monoisotopic (exact) mass is 170 g/mol. The summed E-state index contributed by atoms with van der Waals surface area (Å²) in [7, 11) is 0. The first-order valence-electron chi connectivity index (χ1n) is 4.37. The Labute approximate surface area is 71.1 Å². The van der Waals surface area contributed by atoms with Gasteiger partial charge >= 0.3 is 5.97 Å². The fourth-order valence-corrected chi connectivity index (χ4v) is 2.51. The van der Waals surface area contributed by atoms with Crippen LogP contribution in [0.15, 0.2) is 0 Å². The molecular formula is C8H14N2O2. The highest BCUT2D eigenvalue weighted by Crippen LogP contribution is 2.40. The predicted molar refractivity (Wildman–Crippen MR) is 43.6 cm³/mol. The van der Waals surface area contributed by atoms with E-state index in [0.29, 0.717) is 12.3 Å². The lowest BCUT2D eigenvalue weighted by molar-refractivity contribution is -0.144. The molecular weight excluding hydrogens is 156 g/mol. The summed E-state index contributed by atoms with van der Waals surface area (Å²) in [6.45, 7) is 1.71. The van der Waals surface area contributed by atoms with Crippen molar-refractivity contribution in [3.05, 3.63) is 0 Å². The van der Waals surface area contributed by atoms with Crippen LogP contribution in [0.5, 0.6) is 0 Å². The molecule has 0 amide bonds. The summed E-state index contributed by atoms with van der Waals surface area (Å²) in [5.41, 5.74) is 4.90. The van der Waals surface area contributed by atoms with Gasteiger partial charge in [-0.15, -0.1) is 0 Å². The molecule has 0 aromatic heterocycles. The van der Waals surface area contributed by atoms with Gasteiger partial charge in [0.25, 0.3) is 0 Å². The number of aliphatic carboxylic acids is 1. The van der Waals surface area contributed by atoms with Crippen LogP contribution in [0.3, 0.4) is 0 Å². The molecule has 3 atom stereocenters. The van der Waals surface area contributed by atoms with Crippen LogP contribution in [0.4, 0.5) is 0 Å². The van der Waals surface area contributed by atoms with Crippen LogP contribution >= 0.6 is 0 Å². The summed E-state index contributed by atoms with van der Waals surface area (Å²) in [6, 6.07) is 0. The van der Waals surface area contributed by atoms with Crippen molar-refractivity contribution < 1.29 is 9.90 Å². The normalized spacial score (nSPS) is 46.1. The number of fused-ring (bicyclic) bond motifs is 1. The van der Waals surface area contributed by atoms with Gasteiger partial charge in [-0.1, -0.05) is 0 Å². The van der Waals surface area contributed by atoms with E-state index in [4.69, 9.17) is 10.8 Å². The zero-order valence-corrected chi connectivity index (χ0v) is 6.92. The van der Waals surface area contributed by atoms with Gasteiger partial charge in [-0.25, -0.2) is 0 Å². The van der Waals surface area contributed by atoms with Gasteiger partial charge in [0, 0.05) is 12.5 Å². The maximum Gasteiger partial charge on any atom is 0.324 e. The summed E-state index contributed by atoms with van der Waals surface area (Å²) in [5, 5.41) is 12.2. The summed E-state index contributed by atoms with van der Waals surface area (Å²) >= 11 is 0. The van der Waals surface area contributed by atoms with Crippen LogP contribution in [-0.2, 0) is 4.79 Å². The highest BCUT2D eigenvalue weighted by atomic mass is 16.4. The molecule has 1 heterocycles. The minimum atomic E-state index is -0.950. The van der Waals surface area contributed by atoms with Gasteiger partial charge in [-0.3, -0.25) is 4.79 Å². The van der Waals surface area contributed by atoms with Crippen molar-refractivity contribution in [1.29, 1.82) is 0 Å². The van der Waals surface area contributed by atoms with Gasteiger partial charge in [0.15, 0.2) is 0 Å². The molecule has 0 spiro atoms. The molecule has 1 aliphatic carbocycles. The predicted octanol–water partition coefficient (Wildman–Crippen LogP) is -0.602. The third-order valence-electron chi connectivity index (χ3n) is 3.33. The molecule has 0 unspecified atom stereocenters. The Kier molecular flexibility index (Phi) is 1.63. The molecule has 0 bridgehead atoms. The molecule has 4 heteroatoms. The quantitative estimate of drug-likeness (QED) is 0.491. The van der Waals surface area contributed by atoms with Gasteiger partial charge < -0.3 is 16.2 Å². The van der Waals surface area contributed by atoms with E-state index < -0.39 is 11.5 Å². The summed E-state index contributed by atoms with van der Waals surface area (Å²) < 4.78 is 0. The number of hydrogen-bond acceptors (Lipinski definition) is 3. The number of carbonyl (C=O) groups is 1. The summed E-state index contributed by atoms with van der Waals surface area (Å²) in [5.74, 6) is -0.195. The van der Waals surface area contributed by atoms with Crippen LogP contribution < -0.4 is 11.1 Å². The Morgan fingerprint density at radius 1 is 1.58 bits per heavy atom. The minimum Gasteiger partial charge on any atom is -0.480 e. The zero-order chi connectivity index (χ0) is 8.77. The first-order valence-corrected chi connectivity index (χ1v) is 4.37. The molecule has 1 aliphatic heterocycles. The molecule has 2 aliphatic rings. The molecule has 2 rings (SSSR count). The lowest BCUT2D eigenvalue weighted by Crippen LogP contribution is -2.52. The molecule has 1 saturated carbocycles. The van der Waals surface area contributed by atoms with Crippen LogP contribution in [-0.4, -0.2) is 29.7 Å². The Morgan fingerprint density at radius 3 is 3.00 bits per heavy atom. The van der Waals surface area contributed by atoms with Crippen molar-refractivity contribution in [2.45, 2.75) is 18.4 Å².